The second-order valence-corrected chi connectivity index (χ2v) is 17.9. The molecule has 2 aliphatic rings. The minimum absolute atomic E-state index is 0. The molecule has 6 aromatic carbocycles. The summed E-state index contributed by atoms with van der Waals surface area (Å²) in [4.78, 5) is 6.54. The van der Waals surface area contributed by atoms with Crippen LogP contribution in [0.25, 0.3) is 0 Å². The summed E-state index contributed by atoms with van der Waals surface area (Å²) < 4.78 is 66.1. The van der Waals surface area contributed by atoms with Crippen LogP contribution in [0.5, 0.6) is 0 Å². The number of ether oxygens (including phenoxy) is 2. The van der Waals surface area contributed by atoms with Gasteiger partial charge in [0.15, 0.2) is 0 Å². The minimum atomic E-state index is -0.324. The molecule has 2 heterocycles. The van der Waals surface area contributed by atoms with Crippen molar-refractivity contribution in [1.82, 2.24) is 0 Å². The van der Waals surface area contributed by atoms with Gasteiger partial charge in [0, 0.05) is 12.8 Å². The Balaban J connectivity index is 0.000000350. The van der Waals surface area contributed by atoms with E-state index in [2.05, 4.69) is 60.7 Å². The van der Waals surface area contributed by atoms with Crippen LogP contribution in [-0.2, 0) is 22.3 Å². The first kappa shape index (κ1) is 60.3. The molecule has 2 fully saturated rings. The molecule has 14 heteroatoms. The van der Waals surface area contributed by atoms with Crippen LogP contribution in [0.15, 0.2) is 158 Å². The third-order valence-corrected chi connectivity index (χ3v) is 13.2. The van der Waals surface area contributed by atoms with Crippen molar-refractivity contribution in [3.05, 3.63) is 214 Å². The highest BCUT2D eigenvalue weighted by molar-refractivity contribution is 5.32. The normalized spacial score (nSPS) is 17.5. The second-order valence-electron chi connectivity index (χ2n) is 17.9. The first-order chi connectivity index (χ1) is 32.3. The highest BCUT2D eigenvalue weighted by Crippen LogP contribution is 2.27. The van der Waals surface area contributed by atoms with Gasteiger partial charge >= 0.3 is 0 Å². The molecular weight excluding hydrogens is 978 g/mol. The average molecular weight is 1050 g/mol. The van der Waals surface area contributed by atoms with Crippen molar-refractivity contribution >= 4 is 0 Å². The molecule has 0 unspecified atom stereocenters. The Kier molecular flexibility index (Phi) is 28.3. The van der Waals surface area contributed by atoms with Gasteiger partial charge in [0.1, 0.15) is 101 Å². The maximum absolute atomic E-state index is 13.4. The highest BCUT2D eigenvalue weighted by Gasteiger charge is 2.25. The standard InChI is InChI=1S/2C28H32F2N2O.4ClH/c2*29-26-12-8-24(9-13-26)28(25-10-14-27(30)15-11-25)33-22-21-32-19-17-31(18-20-32)16-4-7-23-5-2-1-3-6-23;;;;/h2*1-3,5-6,8-15,28H,4,7,16-22H2;4*1H. The Labute approximate surface area is 438 Å². The molecule has 380 valence electrons. The van der Waals surface area contributed by atoms with Crippen molar-refractivity contribution in [3.63, 3.8) is 0 Å². The summed E-state index contributed by atoms with van der Waals surface area (Å²) in [5.41, 5.74) is 6.37. The van der Waals surface area contributed by atoms with Crippen LogP contribution in [0.3, 0.4) is 0 Å². The summed E-state index contributed by atoms with van der Waals surface area (Å²) in [5, 5.41) is 0. The quantitative estimate of drug-likeness (QED) is 0.0576. The zero-order chi connectivity index (χ0) is 45.8. The molecule has 0 aliphatic carbocycles. The van der Waals surface area contributed by atoms with E-state index in [-0.39, 0.29) is 85.1 Å². The third-order valence-electron chi connectivity index (χ3n) is 13.2. The molecule has 4 N–H and O–H groups in total. The molecule has 0 aromatic heterocycles. The molecule has 0 bridgehead atoms. The summed E-state index contributed by atoms with van der Waals surface area (Å²) in [7, 11) is 0. The van der Waals surface area contributed by atoms with Gasteiger partial charge in [-0.15, -0.1) is 0 Å². The number of piperazine rings is 2. The van der Waals surface area contributed by atoms with Gasteiger partial charge in [-0.05, 0) is 94.8 Å². The Morgan fingerprint density at radius 1 is 0.329 bits per heavy atom. The van der Waals surface area contributed by atoms with Crippen LogP contribution in [-0.4, -0.2) is 91.8 Å². The number of benzene rings is 6. The van der Waals surface area contributed by atoms with Gasteiger partial charge in [-0.2, -0.15) is 0 Å². The van der Waals surface area contributed by atoms with Gasteiger partial charge in [0.05, 0.1) is 26.3 Å². The molecule has 2 saturated heterocycles. The lowest BCUT2D eigenvalue weighted by Gasteiger charge is -2.30. The summed E-state index contributed by atoms with van der Waals surface area (Å²) in [6.45, 7) is 15.0. The molecule has 0 spiro atoms. The van der Waals surface area contributed by atoms with E-state index in [1.165, 1.54) is 112 Å². The van der Waals surface area contributed by atoms with E-state index >= 15 is 0 Å². The van der Waals surface area contributed by atoms with E-state index in [1.54, 1.807) is 68.1 Å². The maximum Gasteiger partial charge on any atom is 0.127 e. The lowest BCUT2D eigenvalue weighted by atomic mass is 10.0. The Morgan fingerprint density at radius 3 is 0.829 bits per heavy atom. The van der Waals surface area contributed by atoms with Crippen molar-refractivity contribution in [2.75, 3.05) is 91.8 Å². The molecular formula is C56H68Cl4F4N4O2. The lowest BCUT2D eigenvalue weighted by Crippen LogP contribution is -3.28. The van der Waals surface area contributed by atoms with Gasteiger partial charge in [-0.1, -0.05) is 109 Å². The van der Waals surface area contributed by atoms with Crippen LogP contribution >= 0.6 is 0 Å². The van der Waals surface area contributed by atoms with Crippen LogP contribution in [0, 0.1) is 23.3 Å². The van der Waals surface area contributed by atoms with Crippen molar-refractivity contribution in [1.29, 1.82) is 0 Å². The topological polar surface area (TPSA) is 36.2 Å². The van der Waals surface area contributed by atoms with Crippen LogP contribution in [0.1, 0.15) is 58.4 Å². The number of halogens is 8. The van der Waals surface area contributed by atoms with Crippen molar-refractivity contribution in [3.8, 4) is 0 Å². The largest absolute Gasteiger partial charge is 1.00 e. The molecule has 0 saturated carbocycles. The predicted molar refractivity (Wildman–Crippen MR) is 253 cm³/mol. The van der Waals surface area contributed by atoms with Crippen LogP contribution < -0.4 is 69.2 Å². The van der Waals surface area contributed by atoms with Gasteiger partial charge in [-0.3, -0.25) is 0 Å². The summed E-state index contributed by atoms with van der Waals surface area (Å²) in [6, 6.07) is 47.0. The smallest absolute Gasteiger partial charge is 0.127 e. The van der Waals surface area contributed by atoms with E-state index in [9.17, 15) is 17.6 Å². The highest BCUT2D eigenvalue weighted by atomic mass is 35.5. The molecule has 0 radical (unpaired) electrons. The fourth-order valence-corrected chi connectivity index (χ4v) is 9.25. The number of quaternary nitrogens is 4. The summed E-state index contributed by atoms with van der Waals surface area (Å²) >= 11 is 0. The fraction of sp³-hybridized carbons (Fsp3) is 0.357. The monoisotopic (exact) mass is 1040 g/mol. The van der Waals surface area contributed by atoms with Gasteiger partial charge in [-0.25, -0.2) is 17.6 Å². The molecule has 2 aliphatic heterocycles. The molecule has 0 atom stereocenters. The molecule has 0 amide bonds. The Morgan fingerprint density at radius 2 is 0.571 bits per heavy atom. The number of rotatable bonds is 20. The molecule has 70 heavy (non-hydrogen) atoms. The predicted octanol–water partition coefficient (Wildman–Crippen LogP) is -7.01. The number of aryl methyl sites for hydroxylation is 2. The average Bonchev–Trinajstić information content (AvgIpc) is 3.35. The van der Waals surface area contributed by atoms with Crippen LogP contribution in [0.4, 0.5) is 17.6 Å². The fourth-order valence-electron chi connectivity index (χ4n) is 9.25. The Bertz CT molecular complexity index is 2000. The number of hydrogen-bond donors (Lipinski definition) is 4. The van der Waals surface area contributed by atoms with Crippen molar-refractivity contribution in [2.45, 2.75) is 37.9 Å². The zero-order valence-corrected chi connectivity index (χ0v) is 42.8. The first-order valence-corrected chi connectivity index (χ1v) is 24.0. The zero-order valence-electron chi connectivity index (χ0n) is 39.7. The van der Waals surface area contributed by atoms with E-state index < -0.39 is 0 Å². The van der Waals surface area contributed by atoms with Crippen LogP contribution in [0.2, 0.25) is 0 Å². The van der Waals surface area contributed by atoms with Gasteiger partial charge in [0.25, 0.3) is 0 Å². The SMILES string of the molecule is Fc1ccc(C(OCC[NH+]2CC[NH+](CCCc3ccccc3)CC2)c2ccc(F)cc2)cc1.Fc1ccc(C(OCC[NH+]2CC[NH+](CCCc3ccccc3)CC2)c2ccc(F)cc2)cc1.[Cl-].[Cl-].[Cl-].[Cl-]. The van der Waals surface area contributed by atoms with E-state index in [0.29, 0.717) is 13.2 Å². The summed E-state index contributed by atoms with van der Waals surface area (Å²) in [6.07, 6.45) is 4.13. The van der Waals surface area contributed by atoms with Crippen molar-refractivity contribution < 1.29 is 96.3 Å². The molecule has 8 rings (SSSR count). The second kappa shape index (κ2) is 32.8. The Hall–Kier alpha value is -4.04. The van der Waals surface area contributed by atoms with E-state index in [0.717, 1.165) is 74.4 Å². The van der Waals surface area contributed by atoms with E-state index in [4.69, 9.17) is 9.47 Å². The lowest BCUT2D eigenvalue weighted by molar-refractivity contribution is -1.01. The molecule has 6 aromatic rings. The minimum Gasteiger partial charge on any atom is -1.00 e. The van der Waals surface area contributed by atoms with Gasteiger partial charge in [0.2, 0.25) is 0 Å². The first-order valence-electron chi connectivity index (χ1n) is 24.0. The van der Waals surface area contributed by atoms with E-state index in [1.807, 2.05) is 0 Å². The third kappa shape index (κ3) is 20.2. The van der Waals surface area contributed by atoms with Crippen molar-refractivity contribution in [2.24, 2.45) is 0 Å². The number of hydrogen-bond acceptors (Lipinski definition) is 2. The molecule has 6 nitrogen and oxygen atoms in total. The maximum atomic E-state index is 13.4. The summed E-state index contributed by atoms with van der Waals surface area (Å²) in [5.74, 6) is -1.09. The van der Waals surface area contributed by atoms with Gasteiger partial charge < -0.3 is 78.7 Å². The number of nitrogens with one attached hydrogen (secondary N) is 4.